The highest BCUT2D eigenvalue weighted by Crippen LogP contribution is 2.53. The summed E-state index contributed by atoms with van der Waals surface area (Å²) in [6, 6.07) is 11.3. The lowest BCUT2D eigenvalue weighted by Crippen LogP contribution is -2.51. The quantitative estimate of drug-likeness (QED) is 0.335. The molecule has 1 N–H and O–H groups in total. The van der Waals surface area contributed by atoms with E-state index in [0.717, 1.165) is 37.5 Å². The molecule has 0 spiro atoms. The zero-order chi connectivity index (χ0) is 25.3. The molecule has 1 heterocycles. The predicted octanol–water partition coefficient (Wildman–Crippen LogP) is 7.42. The van der Waals surface area contributed by atoms with E-state index in [-0.39, 0.29) is 17.6 Å². The van der Waals surface area contributed by atoms with Crippen LogP contribution in [0.2, 0.25) is 0 Å². The Morgan fingerprint density at radius 2 is 1.80 bits per heavy atom. The van der Waals surface area contributed by atoms with Crippen LogP contribution in [0.1, 0.15) is 97.5 Å². The molecular formula is C31H52N2O2. The number of likely N-dealkylation sites (tertiary alicyclic amines) is 1. The van der Waals surface area contributed by atoms with E-state index in [9.17, 15) is 4.79 Å². The van der Waals surface area contributed by atoms with E-state index in [0.29, 0.717) is 11.8 Å². The highest BCUT2D eigenvalue weighted by molar-refractivity contribution is 5.67. The summed E-state index contributed by atoms with van der Waals surface area (Å²) < 4.78 is 6.01. The van der Waals surface area contributed by atoms with Crippen molar-refractivity contribution in [3.05, 3.63) is 35.9 Å². The minimum Gasteiger partial charge on any atom is -0.446 e. The van der Waals surface area contributed by atoms with E-state index in [1.807, 2.05) is 0 Å². The summed E-state index contributed by atoms with van der Waals surface area (Å²) in [5.74, 6) is 2.67. The molecule has 3 rings (SSSR count). The summed E-state index contributed by atoms with van der Waals surface area (Å²) >= 11 is 0. The van der Waals surface area contributed by atoms with Gasteiger partial charge in [0.05, 0.1) is 0 Å². The summed E-state index contributed by atoms with van der Waals surface area (Å²) in [4.78, 5) is 15.0. The number of nitrogens with zero attached hydrogens (tertiary/aromatic N) is 1. The van der Waals surface area contributed by atoms with Crippen LogP contribution in [-0.2, 0) is 10.2 Å². The SMILES string of the molecule is CCC[C@@](c1ccccc1)(C1CCN(CC(CC)CC(C)CC)CC1)[C@H]1CCC[C@@H]1OC(=O)NC. The molecule has 1 amide bonds. The Balaban J connectivity index is 1.82. The summed E-state index contributed by atoms with van der Waals surface area (Å²) in [6.07, 6.45) is 11.8. The maximum Gasteiger partial charge on any atom is 0.407 e. The van der Waals surface area contributed by atoms with E-state index in [4.69, 9.17) is 4.74 Å². The lowest BCUT2D eigenvalue weighted by molar-refractivity contribution is 0.00559. The molecule has 1 aliphatic carbocycles. The van der Waals surface area contributed by atoms with Crippen molar-refractivity contribution in [2.24, 2.45) is 23.7 Å². The van der Waals surface area contributed by atoms with Crippen LogP contribution in [0.15, 0.2) is 30.3 Å². The van der Waals surface area contributed by atoms with Crippen molar-refractivity contribution in [1.82, 2.24) is 10.2 Å². The van der Waals surface area contributed by atoms with E-state index < -0.39 is 0 Å². The number of piperidine rings is 1. The largest absolute Gasteiger partial charge is 0.446 e. The van der Waals surface area contributed by atoms with Gasteiger partial charge in [-0.2, -0.15) is 0 Å². The second kappa shape index (κ2) is 13.7. The molecule has 2 aliphatic rings. The molecule has 2 fully saturated rings. The number of nitrogens with one attached hydrogen (secondary N) is 1. The summed E-state index contributed by atoms with van der Waals surface area (Å²) in [5, 5.41) is 2.69. The van der Waals surface area contributed by atoms with Gasteiger partial charge in [0, 0.05) is 24.9 Å². The van der Waals surface area contributed by atoms with Gasteiger partial charge in [0.25, 0.3) is 0 Å². The van der Waals surface area contributed by atoms with Gasteiger partial charge in [0.15, 0.2) is 0 Å². The van der Waals surface area contributed by atoms with Crippen LogP contribution < -0.4 is 5.32 Å². The topological polar surface area (TPSA) is 41.6 Å². The van der Waals surface area contributed by atoms with Crippen molar-refractivity contribution < 1.29 is 9.53 Å². The average Bonchev–Trinajstić information content (AvgIpc) is 3.35. The number of rotatable bonds is 12. The van der Waals surface area contributed by atoms with Gasteiger partial charge in [-0.1, -0.05) is 77.3 Å². The van der Waals surface area contributed by atoms with Gasteiger partial charge in [0.1, 0.15) is 6.10 Å². The van der Waals surface area contributed by atoms with Crippen LogP contribution >= 0.6 is 0 Å². The van der Waals surface area contributed by atoms with Crippen molar-refractivity contribution in [2.75, 3.05) is 26.7 Å². The first-order valence-electron chi connectivity index (χ1n) is 14.6. The molecule has 198 valence electrons. The van der Waals surface area contributed by atoms with Crippen LogP contribution in [-0.4, -0.2) is 43.8 Å². The van der Waals surface area contributed by atoms with E-state index in [2.05, 4.69) is 68.2 Å². The second-order valence-electron chi connectivity index (χ2n) is 11.5. The van der Waals surface area contributed by atoms with Crippen molar-refractivity contribution in [1.29, 1.82) is 0 Å². The Bertz CT molecular complexity index is 746. The first kappa shape index (κ1) is 28.0. The van der Waals surface area contributed by atoms with Crippen molar-refractivity contribution in [3.63, 3.8) is 0 Å². The maximum absolute atomic E-state index is 12.2. The molecule has 1 aromatic carbocycles. The van der Waals surface area contributed by atoms with Crippen molar-refractivity contribution >= 4 is 6.09 Å². The Labute approximate surface area is 215 Å². The zero-order valence-corrected chi connectivity index (χ0v) is 23.2. The van der Waals surface area contributed by atoms with E-state index >= 15 is 0 Å². The van der Waals surface area contributed by atoms with Crippen LogP contribution in [0.4, 0.5) is 4.79 Å². The molecule has 1 saturated heterocycles. The molecule has 4 heteroatoms. The zero-order valence-electron chi connectivity index (χ0n) is 23.2. The Kier molecular flexibility index (Phi) is 10.9. The smallest absolute Gasteiger partial charge is 0.407 e. The number of carbonyl (C=O) groups excluding carboxylic acids is 1. The second-order valence-corrected chi connectivity index (χ2v) is 11.5. The molecule has 5 atom stereocenters. The monoisotopic (exact) mass is 484 g/mol. The van der Waals surface area contributed by atoms with E-state index in [1.165, 1.54) is 63.7 Å². The normalized spacial score (nSPS) is 25.1. The Morgan fingerprint density at radius 1 is 1.09 bits per heavy atom. The number of amides is 1. The summed E-state index contributed by atoms with van der Waals surface area (Å²) in [6.45, 7) is 13.1. The third-order valence-corrected chi connectivity index (χ3v) is 9.39. The highest BCUT2D eigenvalue weighted by atomic mass is 16.6. The van der Waals surface area contributed by atoms with Gasteiger partial charge in [-0.05, 0) is 81.4 Å². The van der Waals surface area contributed by atoms with Crippen molar-refractivity contribution in [3.8, 4) is 0 Å². The van der Waals surface area contributed by atoms with Crippen LogP contribution in [0, 0.1) is 23.7 Å². The molecular weight excluding hydrogens is 432 g/mol. The molecule has 0 bridgehead atoms. The number of hydrogen-bond donors (Lipinski definition) is 1. The first-order chi connectivity index (χ1) is 17.0. The molecule has 4 nitrogen and oxygen atoms in total. The van der Waals surface area contributed by atoms with Gasteiger partial charge in [0.2, 0.25) is 0 Å². The van der Waals surface area contributed by atoms with Gasteiger partial charge in [-0.3, -0.25) is 0 Å². The standard InChI is InChI=1S/C31H52N2O2/c1-6-19-31(26-13-10-9-11-14-26,28-15-12-16-29(28)35-30(34)32-5)27-17-20-33(21-18-27)23-25(8-3)22-24(4)7-2/h9-11,13-14,24-25,27-29H,6-8,12,15-23H2,1-5H3,(H,32,34)/t24?,25?,28-,29-,31+/m0/s1. The van der Waals surface area contributed by atoms with Crippen LogP contribution in [0.5, 0.6) is 0 Å². The minimum absolute atomic E-state index is 0.0136. The van der Waals surface area contributed by atoms with Gasteiger partial charge < -0.3 is 15.0 Å². The lowest BCUT2D eigenvalue weighted by atomic mass is 9.57. The van der Waals surface area contributed by atoms with Gasteiger partial charge in [-0.15, -0.1) is 0 Å². The van der Waals surface area contributed by atoms with Crippen molar-refractivity contribution in [2.45, 2.75) is 103 Å². The molecule has 0 radical (unpaired) electrons. The predicted molar refractivity (Wildman–Crippen MR) is 147 cm³/mol. The third kappa shape index (κ3) is 6.81. The fourth-order valence-corrected chi connectivity index (χ4v) is 7.40. The summed E-state index contributed by atoms with van der Waals surface area (Å²) in [5.41, 5.74) is 1.55. The number of alkyl carbamates (subject to hydrolysis) is 1. The molecule has 1 aromatic rings. The number of hydrogen-bond acceptors (Lipinski definition) is 3. The number of ether oxygens (including phenoxy) is 1. The maximum atomic E-state index is 12.2. The molecule has 1 aliphatic heterocycles. The number of carbonyl (C=O) groups is 1. The van der Waals surface area contributed by atoms with Gasteiger partial charge in [-0.25, -0.2) is 4.79 Å². The minimum atomic E-state index is -0.276. The van der Waals surface area contributed by atoms with E-state index in [1.54, 1.807) is 7.05 Å². The molecule has 2 unspecified atom stereocenters. The Hall–Kier alpha value is -1.55. The lowest BCUT2D eigenvalue weighted by Gasteiger charge is -2.50. The van der Waals surface area contributed by atoms with Crippen LogP contribution in [0.3, 0.4) is 0 Å². The molecule has 1 saturated carbocycles. The fraction of sp³-hybridized carbons (Fsp3) is 0.774. The fourth-order valence-electron chi connectivity index (χ4n) is 7.40. The van der Waals surface area contributed by atoms with Crippen LogP contribution in [0.25, 0.3) is 0 Å². The average molecular weight is 485 g/mol. The third-order valence-electron chi connectivity index (χ3n) is 9.39. The Morgan fingerprint density at radius 3 is 2.40 bits per heavy atom. The highest BCUT2D eigenvalue weighted by Gasteiger charge is 2.51. The summed E-state index contributed by atoms with van der Waals surface area (Å²) in [7, 11) is 1.67. The molecule has 0 aromatic heterocycles. The first-order valence-corrected chi connectivity index (χ1v) is 14.6. The number of benzene rings is 1. The molecule has 35 heavy (non-hydrogen) atoms. The van der Waals surface area contributed by atoms with Gasteiger partial charge >= 0.3 is 6.09 Å².